The van der Waals surface area contributed by atoms with E-state index in [1.54, 1.807) is 4.90 Å². The monoisotopic (exact) mass is 193 g/mol. The van der Waals surface area contributed by atoms with E-state index in [-0.39, 0.29) is 11.8 Å². The summed E-state index contributed by atoms with van der Waals surface area (Å²) >= 11 is 0. The van der Waals surface area contributed by atoms with Crippen LogP contribution in [0.25, 0.3) is 0 Å². The van der Waals surface area contributed by atoms with E-state index in [9.17, 15) is 4.79 Å². The molecule has 1 unspecified atom stereocenters. The molecule has 0 aliphatic carbocycles. The second-order valence-corrected chi connectivity index (χ2v) is 3.64. The summed E-state index contributed by atoms with van der Waals surface area (Å²) in [5.74, 6) is 1.20. The Morgan fingerprint density at radius 1 is 1.64 bits per heavy atom. The van der Waals surface area contributed by atoms with E-state index in [1.165, 1.54) is 0 Å². The summed E-state index contributed by atoms with van der Waals surface area (Å²) in [7, 11) is 1.81. The Morgan fingerprint density at radius 3 is 3.07 bits per heavy atom. The highest BCUT2D eigenvalue weighted by Gasteiger charge is 2.25. The fraction of sp³-hybridized carbons (Fsp3) is 0.500. The van der Waals surface area contributed by atoms with E-state index < -0.39 is 0 Å². The van der Waals surface area contributed by atoms with Gasteiger partial charge in [-0.25, -0.2) is 0 Å². The quantitative estimate of drug-likeness (QED) is 0.722. The van der Waals surface area contributed by atoms with Gasteiger partial charge in [0.1, 0.15) is 5.82 Å². The van der Waals surface area contributed by atoms with Gasteiger partial charge < -0.3 is 15.2 Å². The van der Waals surface area contributed by atoms with Gasteiger partial charge in [-0.1, -0.05) is 0 Å². The van der Waals surface area contributed by atoms with Crippen LogP contribution in [0.4, 0.5) is 5.82 Å². The van der Waals surface area contributed by atoms with Crippen molar-refractivity contribution in [3.63, 3.8) is 0 Å². The van der Waals surface area contributed by atoms with E-state index in [4.69, 9.17) is 0 Å². The summed E-state index contributed by atoms with van der Waals surface area (Å²) in [5.41, 5.74) is 0. The maximum atomic E-state index is 11.9. The molecule has 0 saturated carbocycles. The lowest BCUT2D eigenvalue weighted by atomic mass is 10.1. The van der Waals surface area contributed by atoms with Crippen molar-refractivity contribution in [2.75, 3.05) is 25.0 Å². The maximum absolute atomic E-state index is 11.9. The average molecular weight is 193 g/mol. The SMILES string of the molecule is CN(C(=O)C1CCNC1)c1ccc[nH]1. The Labute approximate surface area is 83.3 Å². The van der Waals surface area contributed by atoms with E-state index in [0.29, 0.717) is 0 Å². The molecule has 1 atom stereocenters. The third-order valence-electron chi connectivity index (χ3n) is 2.68. The molecule has 1 aromatic rings. The van der Waals surface area contributed by atoms with Crippen LogP contribution in [0, 0.1) is 5.92 Å². The number of aromatic amines is 1. The van der Waals surface area contributed by atoms with Gasteiger partial charge in [-0.05, 0) is 25.1 Å². The van der Waals surface area contributed by atoms with Crippen LogP contribution in [0.2, 0.25) is 0 Å². The lowest BCUT2D eigenvalue weighted by Crippen LogP contribution is -2.34. The zero-order valence-electron chi connectivity index (χ0n) is 8.29. The molecule has 1 aliphatic rings. The van der Waals surface area contributed by atoms with Crippen LogP contribution in [0.15, 0.2) is 18.3 Å². The van der Waals surface area contributed by atoms with Crippen molar-refractivity contribution >= 4 is 11.7 Å². The zero-order valence-corrected chi connectivity index (χ0v) is 8.29. The van der Waals surface area contributed by atoms with Crippen LogP contribution in [0.5, 0.6) is 0 Å². The second kappa shape index (κ2) is 3.84. The first-order valence-corrected chi connectivity index (χ1v) is 4.90. The molecule has 0 bridgehead atoms. The summed E-state index contributed by atoms with van der Waals surface area (Å²) in [6.45, 7) is 1.76. The van der Waals surface area contributed by atoms with Crippen LogP contribution < -0.4 is 10.2 Å². The Kier molecular flexibility index (Phi) is 2.54. The average Bonchev–Trinajstić information content (AvgIpc) is 2.87. The number of carbonyl (C=O) groups excluding carboxylic acids is 1. The van der Waals surface area contributed by atoms with Gasteiger partial charge in [0, 0.05) is 19.8 Å². The van der Waals surface area contributed by atoms with Crippen LogP contribution in [0.3, 0.4) is 0 Å². The van der Waals surface area contributed by atoms with Crippen LogP contribution in [0.1, 0.15) is 6.42 Å². The van der Waals surface area contributed by atoms with Gasteiger partial charge in [0.2, 0.25) is 5.91 Å². The number of rotatable bonds is 2. The smallest absolute Gasteiger partial charge is 0.232 e. The molecule has 0 radical (unpaired) electrons. The number of carbonyl (C=O) groups is 1. The Balaban J connectivity index is 2.04. The topological polar surface area (TPSA) is 48.1 Å². The van der Waals surface area contributed by atoms with Gasteiger partial charge in [0.15, 0.2) is 0 Å². The number of hydrogen-bond acceptors (Lipinski definition) is 2. The fourth-order valence-electron chi connectivity index (χ4n) is 1.79. The molecule has 76 valence electrons. The molecule has 2 heterocycles. The number of H-pyrrole nitrogens is 1. The second-order valence-electron chi connectivity index (χ2n) is 3.64. The number of nitrogens with zero attached hydrogens (tertiary/aromatic N) is 1. The summed E-state index contributed by atoms with van der Waals surface area (Å²) in [6, 6.07) is 3.80. The largest absolute Gasteiger partial charge is 0.348 e. The molecule has 0 aromatic carbocycles. The molecule has 4 nitrogen and oxygen atoms in total. The van der Waals surface area contributed by atoms with E-state index >= 15 is 0 Å². The normalized spacial score (nSPS) is 21.1. The highest BCUT2D eigenvalue weighted by Crippen LogP contribution is 2.15. The summed E-state index contributed by atoms with van der Waals surface area (Å²) in [4.78, 5) is 16.6. The van der Waals surface area contributed by atoms with Crippen molar-refractivity contribution in [1.82, 2.24) is 10.3 Å². The first-order valence-electron chi connectivity index (χ1n) is 4.90. The molecule has 1 amide bonds. The van der Waals surface area contributed by atoms with Gasteiger partial charge in [-0.2, -0.15) is 0 Å². The van der Waals surface area contributed by atoms with Crippen LogP contribution in [-0.2, 0) is 4.79 Å². The molecule has 1 aromatic heterocycles. The van der Waals surface area contributed by atoms with E-state index in [0.717, 1.165) is 25.3 Å². The maximum Gasteiger partial charge on any atom is 0.232 e. The molecule has 1 saturated heterocycles. The standard InChI is InChI=1S/C10H15N3O/c1-13(9-3-2-5-12-9)10(14)8-4-6-11-7-8/h2-3,5,8,11-12H,4,6-7H2,1H3. The van der Waals surface area contributed by atoms with Gasteiger partial charge in [-0.15, -0.1) is 0 Å². The minimum Gasteiger partial charge on any atom is -0.348 e. The molecular formula is C10H15N3O. The molecule has 4 heteroatoms. The van der Waals surface area contributed by atoms with Crippen molar-refractivity contribution in [1.29, 1.82) is 0 Å². The molecular weight excluding hydrogens is 178 g/mol. The number of hydrogen-bond donors (Lipinski definition) is 2. The summed E-state index contributed by atoms with van der Waals surface area (Å²) in [5, 5.41) is 3.20. The van der Waals surface area contributed by atoms with Crippen molar-refractivity contribution in [3.8, 4) is 0 Å². The Bertz CT molecular complexity index is 301. The highest BCUT2D eigenvalue weighted by atomic mass is 16.2. The number of nitrogens with one attached hydrogen (secondary N) is 2. The molecule has 14 heavy (non-hydrogen) atoms. The van der Waals surface area contributed by atoms with Gasteiger partial charge in [-0.3, -0.25) is 4.79 Å². The van der Waals surface area contributed by atoms with Gasteiger partial charge >= 0.3 is 0 Å². The number of aromatic nitrogens is 1. The van der Waals surface area contributed by atoms with Crippen LogP contribution >= 0.6 is 0 Å². The highest BCUT2D eigenvalue weighted by molar-refractivity contribution is 5.94. The van der Waals surface area contributed by atoms with Crippen molar-refractivity contribution in [3.05, 3.63) is 18.3 Å². The molecule has 1 fully saturated rings. The van der Waals surface area contributed by atoms with E-state index in [2.05, 4.69) is 10.3 Å². The predicted molar refractivity (Wildman–Crippen MR) is 55.2 cm³/mol. The third kappa shape index (κ3) is 1.65. The van der Waals surface area contributed by atoms with Crippen molar-refractivity contribution < 1.29 is 4.79 Å². The lowest BCUT2D eigenvalue weighted by molar-refractivity contribution is -0.121. The zero-order chi connectivity index (χ0) is 9.97. The van der Waals surface area contributed by atoms with Crippen LogP contribution in [-0.4, -0.2) is 31.0 Å². The molecule has 1 aliphatic heterocycles. The minimum absolute atomic E-state index is 0.142. The Hall–Kier alpha value is -1.29. The first kappa shape index (κ1) is 9.27. The first-order chi connectivity index (χ1) is 6.79. The van der Waals surface area contributed by atoms with Crippen molar-refractivity contribution in [2.24, 2.45) is 5.92 Å². The van der Waals surface area contributed by atoms with Gasteiger partial charge in [0.05, 0.1) is 5.92 Å². The molecule has 2 rings (SSSR count). The summed E-state index contributed by atoms with van der Waals surface area (Å²) in [6.07, 6.45) is 2.77. The number of amides is 1. The molecule has 0 spiro atoms. The number of anilines is 1. The molecule has 2 N–H and O–H groups in total. The minimum atomic E-state index is 0.142. The predicted octanol–water partition coefficient (Wildman–Crippen LogP) is 0.587. The van der Waals surface area contributed by atoms with E-state index in [1.807, 2.05) is 25.4 Å². The van der Waals surface area contributed by atoms with Crippen molar-refractivity contribution in [2.45, 2.75) is 6.42 Å². The fourth-order valence-corrected chi connectivity index (χ4v) is 1.79. The Morgan fingerprint density at radius 2 is 2.50 bits per heavy atom. The summed E-state index contributed by atoms with van der Waals surface area (Å²) < 4.78 is 0. The van der Waals surface area contributed by atoms with Gasteiger partial charge in [0.25, 0.3) is 0 Å². The lowest BCUT2D eigenvalue weighted by Gasteiger charge is -2.18. The third-order valence-corrected chi connectivity index (χ3v) is 2.68.